The van der Waals surface area contributed by atoms with Crippen LogP contribution in [-0.4, -0.2) is 21.1 Å². The summed E-state index contributed by atoms with van der Waals surface area (Å²) >= 11 is 0. The Kier molecular flexibility index (Phi) is 2.43. The van der Waals surface area contributed by atoms with Crippen LogP contribution in [0.5, 0.6) is 0 Å². The Hall–Kier alpha value is -1.58. The van der Waals surface area contributed by atoms with Crippen molar-refractivity contribution in [2.45, 2.75) is 34.6 Å². The third-order valence-electron chi connectivity index (χ3n) is 5.31. The molecule has 1 aliphatic rings. The predicted octanol–water partition coefficient (Wildman–Crippen LogP) is 3.13. The van der Waals surface area contributed by atoms with Gasteiger partial charge in [-0.2, -0.15) is 5.10 Å². The van der Waals surface area contributed by atoms with Crippen molar-refractivity contribution in [3.63, 3.8) is 0 Å². The van der Waals surface area contributed by atoms with Crippen molar-refractivity contribution < 1.29 is 0 Å². The molecule has 2 aromatic rings. The van der Waals surface area contributed by atoms with Crippen LogP contribution in [0.2, 0.25) is 0 Å². The maximum Gasteiger partial charge on any atom is 0.152 e. The molecule has 0 bridgehead atoms. The summed E-state index contributed by atoms with van der Waals surface area (Å²) in [5, 5.41) is 7.91. The van der Waals surface area contributed by atoms with Gasteiger partial charge >= 0.3 is 0 Å². The average molecular weight is 258 g/mol. The van der Waals surface area contributed by atoms with E-state index in [9.17, 15) is 0 Å². The molecular formula is C15H22N4. The summed E-state index contributed by atoms with van der Waals surface area (Å²) in [7, 11) is 0. The molecule has 4 nitrogen and oxygen atoms in total. The van der Waals surface area contributed by atoms with Crippen molar-refractivity contribution in [1.82, 2.24) is 14.6 Å². The highest BCUT2D eigenvalue weighted by Crippen LogP contribution is 2.68. The topological polar surface area (TPSA) is 42.2 Å². The van der Waals surface area contributed by atoms with Crippen molar-refractivity contribution in [1.29, 1.82) is 0 Å². The maximum atomic E-state index is 4.44. The number of hydrogen-bond acceptors (Lipinski definition) is 3. The van der Waals surface area contributed by atoms with E-state index in [-0.39, 0.29) is 0 Å². The fourth-order valence-corrected chi connectivity index (χ4v) is 3.22. The van der Waals surface area contributed by atoms with E-state index in [1.165, 1.54) is 0 Å². The molecule has 0 atom stereocenters. The largest absolute Gasteiger partial charge is 0.368 e. The second-order valence-electron chi connectivity index (χ2n) is 6.77. The van der Waals surface area contributed by atoms with Gasteiger partial charge in [0.1, 0.15) is 5.52 Å². The second-order valence-corrected chi connectivity index (χ2v) is 6.77. The molecule has 1 saturated carbocycles. The molecule has 1 N–H and O–H groups in total. The summed E-state index contributed by atoms with van der Waals surface area (Å²) < 4.78 is 1.88. The zero-order valence-corrected chi connectivity index (χ0v) is 12.4. The molecule has 0 spiro atoms. The molecule has 0 radical (unpaired) electrons. The van der Waals surface area contributed by atoms with E-state index < -0.39 is 0 Å². The first-order valence-corrected chi connectivity index (χ1v) is 6.89. The van der Waals surface area contributed by atoms with Gasteiger partial charge in [0.05, 0.1) is 5.69 Å². The van der Waals surface area contributed by atoms with Gasteiger partial charge in [0.2, 0.25) is 0 Å². The fourth-order valence-electron chi connectivity index (χ4n) is 3.22. The van der Waals surface area contributed by atoms with Crippen LogP contribution in [0.1, 0.15) is 33.4 Å². The van der Waals surface area contributed by atoms with Crippen molar-refractivity contribution in [2.75, 3.05) is 11.9 Å². The lowest BCUT2D eigenvalue weighted by Crippen LogP contribution is -2.10. The van der Waals surface area contributed by atoms with Gasteiger partial charge in [0, 0.05) is 18.9 Å². The lowest BCUT2D eigenvalue weighted by molar-refractivity contribution is 0.457. The minimum absolute atomic E-state index is 0.404. The van der Waals surface area contributed by atoms with Crippen LogP contribution in [0.4, 0.5) is 5.82 Å². The summed E-state index contributed by atoms with van der Waals surface area (Å²) in [5.74, 6) is 1.62. The van der Waals surface area contributed by atoms with Crippen LogP contribution in [-0.2, 0) is 0 Å². The Balaban J connectivity index is 1.80. The monoisotopic (exact) mass is 258 g/mol. The molecule has 19 heavy (non-hydrogen) atoms. The maximum absolute atomic E-state index is 4.44. The Bertz CT molecular complexity index is 610. The smallest absolute Gasteiger partial charge is 0.152 e. The number of nitrogens with one attached hydrogen (secondary N) is 1. The number of rotatable bonds is 3. The number of nitrogens with zero attached hydrogens (tertiary/aromatic N) is 3. The third-order valence-corrected chi connectivity index (χ3v) is 5.31. The summed E-state index contributed by atoms with van der Waals surface area (Å²) in [6.45, 7) is 12.3. The van der Waals surface area contributed by atoms with Crippen LogP contribution in [0, 0.1) is 23.7 Å². The number of aryl methyl sites for hydroxylation is 1. The van der Waals surface area contributed by atoms with E-state index in [1.807, 2.05) is 17.6 Å². The van der Waals surface area contributed by atoms with E-state index in [0.717, 1.165) is 23.6 Å². The zero-order chi connectivity index (χ0) is 13.8. The van der Waals surface area contributed by atoms with E-state index in [2.05, 4.69) is 49.2 Å². The summed E-state index contributed by atoms with van der Waals surface area (Å²) in [4.78, 5) is 4.44. The molecule has 0 amide bonds. The second kappa shape index (κ2) is 3.71. The molecule has 0 saturated heterocycles. The summed E-state index contributed by atoms with van der Waals surface area (Å²) in [6, 6.07) is 2.07. The van der Waals surface area contributed by atoms with Gasteiger partial charge in [-0.3, -0.25) is 0 Å². The van der Waals surface area contributed by atoms with Gasteiger partial charge in [0.25, 0.3) is 0 Å². The van der Waals surface area contributed by atoms with E-state index >= 15 is 0 Å². The molecule has 2 aromatic heterocycles. The van der Waals surface area contributed by atoms with E-state index in [0.29, 0.717) is 16.7 Å². The molecule has 2 heterocycles. The van der Waals surface area contributed by atoms with Gasteiger partial charge in [-0.1, -0.05) is 27.7 Å². The van der Waals surface area contributed by atoms with Crippen LogP contribution in [0.15, 0.2) is 18.5 Å². The first-order chi connectivity index (χ1) is 8.84. The summed E-state index contributed by atoms with van der Waals surface area (Å²) in [6.07, 6.45) is 3.68. The lowest BCUT2D eigenvalue weighted by Gasteiger charge is -2.07. The normalized spacial score (nSPS) is 20.7. The molecule has 1 fully saturated rings. The van der Waals surface area contributed by atoms with Gasteiger partial charge in [-0.15, -0.1) is 0 Å². The van der Waals surface area contributed by atoms with Gasteiger partial charge < -0.3 is 5.32 Å². The average Bonchev–Trinajstić information content (AvgIpc) is 2.62. The van der Waals surface area contributed by atoms with Crippen molar-refractivity contribution in [3.8, 4) is 0 Å². The molecule has 102 valence electrons. The standard InChI is InChI=1S/C15H22N4/c1-10-8-11-13(16-6-7-19(11)18-10)17-9-12-14(2,3)15(12,4)5/h6-8,12H,9H2,1-5H3,(H,16,17). The van der Waals surface area contributed by atoms with Crippen LogP contribution < -0.4 is 5.32 Å². The van der Waals surface area contributed by atoms with Gasteiger partial charge in [-0.25, -0.2) is 9.50 Å². The zero-order valence-electron chi connectivity index (χ0n) is 12.4. The SMILES string of the molecule is Cc1cc2c(NCC3C(C)(C)C3(C)C)nccn2n1. The highest BCUT2D eigenvalue weighted by molar-refractivity contribution is 5.67. The first-order valence-electron chi connectivity index (χ1n) is 6.89. The first kappa shape index (κ1) is 12.5. The van der Waals surface area contributed by atoms with Crippen LogP contribution >= 0.6 is 0 Å². The van der Waals surface area contributed by atoms with E-state index in [4.69, 9.17) is 0 Å². The minimum atomic E-state index is 0.404. The van der Waals surface area contributed by atoms with Crippen LogP contribution in [0.3, 0.4) is 0 Å². The van der Waals surface area contributed by atoms with E-state index in [1.54, 1.807) is 6.20 Å². The molecule has 3 rings (SSSR count). The number of anilines is 1. The fraction of sp³-hybridized carbons (Fsp3) is 0.600. The lowest BCUT2D eigenvalue weighted by atomic mass is 10.0. The number of hydrogen-bond donors (Lipinski definition) is 1. The van der Waals surface area contributed by atoms with Crippen molar-refractivity contribution in [2.24, 2.45) is 16.7 Å². The molecule has 4 heteroatoms. The Morgan fingerprint density at radius 1 is 1.26 bits per heavy atom. The van der Waals surface area contributed by atoms with Crippen molar-refractivity contribution in [3.05, 3.63) is 24.2 Å². The predicted molar refractivity (Wildman–Crippen MR) is 77.3 cm³/mol. The molecular weight excluding hydrogens is 236 g/mol. The van der Waals surface area contributed by atoms with Crippen molar-refractivity contribution >= 4 is 11.3 Å². The third kappa shape index (κ3) is 1.73. The van der Waals surface area contributed by atoms with Gasteiger partial charge in [0.15, 0.2) is 5.82 Å². The highest BCUT2D eigenvalue weighted by Gasteiger charge is 2.64. The quantitative estimate of drug-likeness (QED) is 0.919. The molecule has 1 aliphatic carbocycles. The highest BCUT2D eigenvalue weighted by atomic mass is 15.2. The Morgan fingerprint density at radius 3 is 2.58 bits per heavy atom. The number of fused-ring (bicyclic) bond motifs is 1. The Morgan fingerprint density at radius 2 is 1.95 bits per heavy atom. The van der Waals surface area contributed by atoms with Gasteiger partial charge in [-0.05, 0) is 29.7 Å². The number of aromatic nitrogens is 3. The molecule has 0 aromatic carbocycles. The van der Waals surface area contributed by atoms with Crippen LogP contribution in [0.25, 0.3) is 5.52 Å². The summed E-state index contributed by atoms with van der Waals surface area (Å²) in [5.41, 5.74) is 2.88. The minimum Gasteiger partial charge on any atom is -0.368 e. The molecule has 0 unspecified atom stereocenters. The Labute approximate surface area is 114 Å². The molecule has 0 aliphatic heterocycles.